The number of halogens is 2. The molecule has 0 bridgehead atoms. The van der Waals surface area contributed by atoms with E-state index in [-0.39, 0.29) is 13.1 Å². The zero-order chi connectivity index (χ0) is 13.9. The van der Waals surface area contributed by atoms with Crippen molar-refractivity contribution in [3.63, 3.8) is 0 Å². The van der Waals surface area contributed by atoms with Crippen LogP contribution in [0.5, 0.6) is 0 Å². The highest BCUT2D eigenvalue weighted by Crippen LogP contribution is 2.34. The Balaban J connectivity index is 4.40. The van der Waals surface area contributed by atoms with Crippen LogP contribution in [0.1, 0.15) is 34.6 Å². The number of rotatable bonds is 4. The van der Waals surface area contributed by atoms with Crippen molar-refractivity contribution in [1.29, 1.82) is 0 Å². The molecule has 17 heavy (non-hydrogen) atoms. The number of ether oxygens (including phenoxy) is 1. The molecular weight excluding hydrogens is 230 g/mol. The van der Waals surface area contributed by atoms with Gasteiger partial charge in [0, 0.05) is 20.0 Å². The van der Waals surface area contributed by atoms with Crippen molar-refractivity contribution < 1.29 is 18.3 Å². The van der Waals surface area contributed by atoms with Gasteiger partial charge in [-0.25, -0.2) is 13.6 Å². The van der Waals surface area contributed by atoms with Crippen LogP contribution >= 0.6 is 0 Å². The number of carbonyl (C=O) groups excluding carboxylic acids is 1. The lowest BCUT2D eigenvalue weighted by atomic mass is 9.84. The van der Waals surface area contributed by atoms with Gasteiger partial charge in [0.2, 0.25) is 0 Å². The van der Waals surface area contributed by atoms with E-state index in [1.54, 1.807) is 20.8 Å². The molecule has 0 heterocycles. The molecule has 102 valence electrons. The highest BCUT2D eigenvalue weighted by atomic mass is 19.3. The quantitative estimate of drug-likeness (QED) is 0.805. The topological polar surface area (TPSA) is 64.3 Å². The molecule has 0 aliphatic carbocycles. The number of amides is 1. The Kier molecular flexibility index (Phi) is 4.89. The summed E-state index contributed by atoms with van der Waals surface area (Å²) in [4.78, 5) is 11.3. The van der Waals surface area contributed by atoms with Crippen LogP contribution in [0.4, 0.5) is 13.6 Å². The van der Waals surface area contributed by atoms with Gasteiger partial charge < -0.3 is 15.8 Å². The molecule has 0 saturated carbocycles. The van der Waals surface area contributed by atoms with E-state index in [4.69, 9.17) is 10.5 Å². The fourth-order valence-electron chi connectivity index (χ4n) is 0.988. The molecule has 0 aromatic carbocycles. The summed E-state index contributed by atoms with van der Waals surface area (Å²) in [5, 5.41) is 2.32. The van der Waals surface area contributed by atoms with Crippen LogP contribution in [0.2, 0.25) is 0 Å². The first-order chi connectivity index (χ1) is 7.41. The predicted octanol–water partition coefficient (Wildman–Crippen LogP) is 2.13. The van der Waals surface area contributed by atoms with Crippen LogP contribution in [0, 0.1) is 5.41 Å². The molecule has 0 aromatic rings. The average Bonchev–Trinajstić information content (AvgIpc) is 2.09. The third-order valence-electron chi connectivity index (χ3n) is 2.53. The minimum atomic E-state index is -2.98. The first kappa shape index (κ1) is 16.1. The molecule has 0 rings (SSSR count). The molecule has 0 radical (unpaired) electrons. The summed E-state index contributed by atoms with van der Waals surface area (Å²) in [6.45, 7) is 6.74. The van der Waals surface area contributed by atoms with Gasteiger partial charge in [-0.3, -0.25) is 0 Å². The van der Waals surface area contributed by atoms with E-state index in [0.29, 0.717) is 0 Å². The third kappa shape index (κ3) is 5.30. The second kappa shape index (κ2) is 5.16. The first-order valence-electron chi connectivity index (χ1n) is 5.46. The summed E-state index contributed by atoms with van der Waals surface area (Å²) in [5.74, 6) is -2.98. The molecule has 0 aliphatic heterocycles. The van der Waals surface area contributed by atoms with E-state index in [9.17, 15) is 13.6 Å². The summed E-state index contributed by atoms with van der Waals surface area (Å²) in [7, 11) is 0. The van der Waals surface area contributed by atoms with Gasteiger partial charge in [0.1, 0.15) is 5.60 Å². The van der Waals surface area contributed by atoms with Gasteiger partial charge in [-0.05, 0) is 20.8 Å². The maximum Gasteiger partial charge on any atom is 0.407 e. The van der Waals surface area contributed by atoms with Crippen molar-refractivity contribution in [2.75, 3.05) is 13.1 Å². The standard InChI is InChI=1S/C11H22F2N2O2/c1-9(2,3)17-8(16)15-7-10(4,6-14)11(5,12)13/h6-7,14H2,1-5H3,(H,15,16). The van der Waals surface area contributed by atoms with Crippen molar-refractivity contribution in [2.45, 2.75) is 46.1 Å². The maximum atomic E-state index is 13.3. The molecule has 3 N–H and O–H groups in total. The predicted molar refractivity (Wildman–Crippen MR) is 62.0 cm³/mol. The van der Waals surface area contributed by atoms with Gasteiger partial charge in [0.25, 0.3) is 5.92 Å². The van der Waals surface area contributed by atoms with Crippen LogP contribution in [-0.4, -0.2) is 30.7 Å². The van der Waals surface area contributed by atoms with E-state index < -0.39 is 23.0 Å². The molecule has 1 atom stereocenters. The Morgan fingerprint density at radius 1 is 1.24 bits per heavy atom. The largest absolute Gasteiger partial charge is 0.444 e. The van der Waals surface area contributed by atoms with E-state index in [1.165, 1.54) is 6.92 Å². The second-order valence-corrected chi connectivity index (χ2v) is 5.51. The first-order valence-corrected chi connectivity index (χ1v) is 5.46. The molecule has 0 aliphatic rings. The Morgan fingerprint density at radius 3 is 2.00 bits per heavy atom. The van der Waals surface area contributed by atoms with Crippen molar-refractivity contribution in [1.82, 2.24) is 5.32 Å². The van der Waals surface area contributed by atoms with Crippen molar-refractivity contribution in [3.05, 3.63) is 0 Å². The second-order valence-electron chi connectivity index (χ2n) is 5.51. The van der Waals surface area contributed by atoms with Gasteiger partial charge in [0.05, 0.1) is 5.41 Å². The monoisotopic (exact) mass is 252 g/mol. The molecule has 0 fully saturated rings. The van der Waals surface area contributed by atoms with E-state index in [0.717, 1.165) is 6.92 Å². The lowest BCUT2D eigenvalue weighted by Gasteiger charge is -2.34. The number of hydrogen-bond donors (Lipinski definition) is 2. The van der Waals surface area contributed by atoms with Gasteiger partial charge in [-0.1, -0.05) is 6.92 Å². The summed E-state index contributed by atoms with van der Waals surface area (Å²) in [6, 6.07) is 0. The molecule has 1 unspecified atom stereocenters. The van der Waals surface area contributed by atoms with Gasteiger partial charge in [-0.15, -0.1) is 0 Å². The van der Waals surface area contributed by atoms with E-state index >= 15 is 0 Å². The number of alkyl halides is 2. The van der Waals surface area contributed by atoms with E-state index in [1.807, 2.05) is 0 Å². The fourth-order valence-corrected chi connectivity index (χ4v) is 0.988. The Hall–Kier alpha value is -0.910. The maximum absolute atomic E-state index is 13.3. The summed E-state index contributed by atoms with van der Waals surface area (Å²) < 4.78 is 31.5. The molecule has 0 aromatic heterocycles. The Labute approximate surface area is 101 Å². The van der Waals surface area contributed by atoms with E-state index in [2.05, 4.69) is 5.32 Å². The summed E-state index contributed by atoms with van der Waals surface area (Å²) in [5.41, 5.74) is 3.20. The van der Waals surface area contributed by atoms with Crippen molar-refractivity contribution in [3.8, 4) is 0 Å². The number of nitrogens with one attached hydrogen (secondary N) is 1. The van der Waals surface area contributed by atoms with Crippen LogP contribution in [0.25, 0.3) is 0 Å². The smallest absolute Gasteiger partial charge is 0.407 e. The fraction of sp³-hybridized carbons (Fsp3) is 0.909. The zero-order valence-corrected chi connectivity index (χ0v) is 11.1. The van der Waals surface area contributed by atoms with Gasteiger partial charge in [-0.2, -0.15) is 0 Å². The average molecular weight is 252 g/mol. The Morgan fingerprint density at radius 2 is 1.71 bits per heavy atom. The zero-order valence-electron chi connectivity index (χ0n) is 11.1. The molecular formula is C11H22F2N2O2. The molecule has 0 saturated heterocycles. The molecule has 1 amide bonds. The van der Waals surface area contributed by atoms with Crippen LogP contribution in [-0.2, 0) is 4.74 Å². The number of hydrogen-bond acceptors (Lipinski definition) is 3. The number of carbonyl (C=O) groups is 1. The van der Waals surface area contributed by atoms with Crippen LogP contribution in [0.15, 0.2) is 0 Å². The number of nitrogens with two attached hydrogens (primary N) is 1. The number of alkyl carbamates (subject to hydrolysis) is 1. The van der Waals surface area contributed by atoms with Crippen LogP contribution in [0.3, 0.4) is 0 Å². The highest BCUT2D eigenvalue weighted by Gasteiger charge is 2.45. The van der Waals surface area contributed by atoms with Gasteiger partial charge in [0.15, 0.2) is 0 Å². The summed E-state index contributed by atoms with van der Waals surface area (Å²) >= 11 is 0. The third-order valence-corrected chi connectivity index (χ3v) is 2.53. The van der Waals surface area contributed by atoms with Crippen molar-refractivity contribution in [2.24, 2.45) is 11.1 Å². The summed E-state index contributed by atoms with van der Waals surface area (Å²) in [6.07, 6.45) is -0.721. The lowest BCUT2D eigenvalue weighted by Crippen LogP contribution is -2.51. The highest BCUT2D eigenvalue weighted by molar-refractivity contribution is 5.67. The van der Waals surface area contributed by atoms with Crippen molar-refractivity contribution >= 4 is 6.09 Å². The van der Waals surface area contributed by atoms with Gasteiger partial charge >= 0.3 is 6.09 Å². The molecule has 0 spiro atoms. The lowest BCUT2D eigenvalue weighted by molar-refractivity contribution is -0.0913. The minimum absolute atomic E-state index is 0.230. The molecule has 4 nitrogen and oxygen atoms in total. The Bertz CT molecular complexity index is 272. The van der Waals surface area contributed by atoms with Crippen LogP contribution < -0.4 is 11.1 Å². The minimum Gasteiger partial charge on any atom is -0.444 e. The normalized spacial score (nSPS) is 16.2. The SMILES string of the molecule is CC(C)(C)OC(=O)NCC(C)(CN)C(C)(F)F. The molecule has 6 heteroatoms.